The maximum Gasteiger partial charge on any atom is 0.187 e. The van der Waals surface area contributed by atoms with Crippen molar-refractivity contribution in [2.45, 2.75) is 106 Å². The predicted molar refractivity (Wildman–Crippen MR) is 136 cm³/mol. The Bertz CT molecular complexity index is 759. The van der Waals surface area contributed by atoms with Crippen molar-refractivity contribution in [1.29, 1.82) is 0 Å². The van der Waals surface area contributed by atoms with Gasteiger partial charge in [-0.05, 0) is 13.8 Å². The highest BCUT2D eigenvalue weighted by molar-refractivity contribution is 4.96. The number of methoxy groups -OCH3 is 5. The smallest absolute Gasteiger partial charge is 0.187 e. The second kappa shape index (κ2) is 15.6. The van der Waals surface area contributed by atoms with Gasteiger partial charge in [-0.1, -0.05) is 6.08 Å². The van der Waals surface area contributed by atoms with Crippen LogP contribution in [0.3, 0.4) is 0 Å². The molecule has 3 fully saturated rings. The Hall–Kier alpha value is -0.820. The van der Waals surface area contributed by atoms with E-state index in [0.29, 0.717) is 0 Å². The van der Waals surface area contributed by atoms with Gasteiger partial charge < -0.3 is 67.4 Å². The Labute approximate surface area is 235 Å². The normalized spacial score (nSPS) is 46.3. The van der Waals surface area contributed by atoms with E-state index in [4.69, 9.17) is 52.1 Å². The third-order valence-electron chi connectivity index (χ3n) is 7.51. The van der Waals surface area contributed by atoms with Crippen molar-refractivity contribution < 1.29 is 67.4 Å². The molecule has 3 N–H and O–H groups in total. The van der Waals surface area contributed by atoms with E-state index in [0.717, 1.165) is 0 Å². The lowest BCUT2D eigenvalue weighted by molar-refractivity contribution is -0.383. The van der Waals surface area contributed by atoms with E-state index in [9.17, 15) is 15.3 Å². The summed E-state index contributed by atoms with van der Waals surface area (Å²) in [5.41, 5.74) is 0. The molecule has 0 aliphatic carbocycles. The molecule has 0 amide bonds. The zero-order valence-corrected chi connectivity index (χ0v) is 24.2. The van der Waals surface area contributed by atoms with Crippen LogP contribution in [0.15, 0.2) is 12.7 Å². The molecule has 15 atom stereocenters. The summed E-state index contributed by atoms with van der Waals surface area (Å²) in [5.74, 6) is 0. The third kappa shape index (κ3) is 7.21. The molecule has 3 aliphatic heterocycles. The summed E-state index contributed by atoms with van der Waals surface area (Å²) in [5, 5.41) is 32.1. The molecule has 0 aromatic rings. The molecule has 234 valence electrons. The van der Waals surface area contributed by atoms with Gasteiger partial charge in [-0.15, -0.1) is 6.58 Å². The van der Waals surface area contributed by atoms with Gasteiger partial charge in [-0.25, -0.2) is 0 Å². The Morgan fingerprint density at radius 2 is 1.23 bits per heavy atom. The first-order chi connectivity index (χ1) is 19.2. The molecule has 0 aromatic heterocycles. The fourth-order valence-corrected chi connectivity index (χ4v) is 5.39. The number of hydrogen-bond acceptors (Lipinski definition) is 14. The van der Waals surface area contributed by atoms with Crippen LogP contribution in [-0.2, 0) is 52.1 Å². The van der Waals surface area contributed by atoms with Crippen molar-refractivity contribution in [3.63, 3.8) is 0 Å². The van der Waals surface area contributed by atoms with Crippen molar-refractivity contribution in [2.75, 3.05) is 48.8 Å². The minimum atomic E-state index is -1.32. The van der Waals surface area contributed by atoms with Crippen LogP contribution in [0.2, 0.25) is 0 Å². The SMILES string of the molecule is C=CCO[C@H]1O[C@H](C)[C@@H](O)[C@H](OC)[C@@H]1O[C@H]1O[C@H](C)[C@@H](O[C@@H]2O[C@H](COC)[C@@H](O)[C@H](OC)[C@H]2O)[C@H](OC)[C@@H]1OC. The summed E-state index contributed by atoms with van der Waals surface area (Å²) in [6, 6.07) is 0. The van der Waals surface area contributed by atoms with E-state index in [1.807, 2.05) is 0 Å². The van der Waals surface area contributed by atoms with Crippen molar-refractivity contribution in [3.05, 3.63) is 12.7 Å². The topological polar surface area (TPSA) is 162 Å². The average Bonchev–Trinajstić information content (AvgIpc) is 2.93. The number of ether oxygens (including phenoxy) is 11. The standard InChI is InChI=1S/C26H46O14/c1-9-10-35-25-23(20(32-6)15(27)12(2)36-25)40-26-22(34-8)21(33-7)18(13(3)37-26)39-24-17(29)19(31-5)16(28)14(38-24)11-30-4/h9,12-29H,1,10-11H2,2-8H3/t12-,13-,14-,15-,16-,17-,18-,19+,20+,21+,22+,23+,24+,25+,26-/m1/s1. The van der Waals surface area contributed by atoms with E-state index >= 15 is 0 Å². The lowest BCUT2D eigenvalue weighted by Gasteiger charge is -2.49. The molecule has 3 aliphatic rings. The van der Waals surface area contributed by atoms with E-state index in [1.165, 1.54) is 35.5 Å². The average molecular weight is 583 g/mol. The van der Waals surface area contributed by atoms with Gasteiger partial charge in [-0.3, -0.25) is 0 Å². The first-order valence-electron chi connectivity index (χ1n) is 13.3. The first kappa shape index (κ1) is 33.7. The first-order valence-corrected chi connectivity index (χ1v) is 13.3. The van der Waals surface area contributed by atoms with E-state index in [1.54, 1.807) is 19.9 Å². The quantitative estimate of drug-likeness (QED) is 0.226. The van der Waals surface area contributed by atoms with Crippen molar-refractivity contribution in [2.24, 2.45) is 0 Å². The van der Waals surface area contributed by atoms with Gasteiger partial charge in [0.15, 0.2) is 18.9 Å². The Morgan fingerprint density at radius 3 is 1.80 bits per heavy atom. The summed E-state index contributed by atoms with van der Waals surface area (Å²) in [6.07, 6.45) is -12.1. The van der Waals surface area contributed by atoms with Crippen molar-refractivity contribution in [1.82, 2.24) is 0 Å². The second-order valence-corrected chi connectivity index (χ2v) is 10.0. The van der Waals surface area contributed by atoms with Gasteiger partial charge in [0, 0.05) is 35.5 Å². The Kier molecular flexibility index (Phi) is 13.1. The highest BCUT2D eigenvalue weighted by Crippen LogP contribution is 2.35. The zero-order chi connectivity index (χ0) is 29.6. The molecule has 0 spiro atoms. The minimum Gasteiger partial charge on any atom is -0.388 e. The predicted octanol–water partition coefficient (Wildman–Crippen LogP) is -1.04. The van der Waals surface area contributed by atoms with Crippen LogP contribution in [-0.4, -0.2) is 156 Å². The minimum absolute atomic E-state index is 0.0539. The molecular weight excluding hydrogens is 536 g/mol. The molecule has 3 rings (SSSR count). The van der Waals surface area contributed by atoms with Crippen LogP contribution >= 0.6 is 0 Å². The third-order valence-corrected chi connectivity index (χ3v) is 7.51. The molecule has 0 saturated carbocycles. The highest BCUT2D eigenvalue weighted by atomic mass is 16.8. The van der Waals surface area contributed by atoms with Crippen LogP contribution in [0.1, 0.15) is 13.8 Å². The number of rotatable bonds is 13. The van der Waals surface area contributed by atoms with Crippen LogP contribution in [0.5, 0.6) is 0 Å². The fraction of sp³-hybridized carbons (Fsp3) is 0.923. The lowest BCUT2D eigenvalue weighted by atomic mass is 9.96. The largest absolute Gasteiger partial charge is 0.388 e. The summed E-state index contributed by atoms with van der Waals surface area (Å²) in [6.45, 7) is 7.37. The van der Waals surface area contributed by atoms with E-state index < -0.39 is 92.1 Å². The summed E-state index contributed by atoms with van der Waals surface area (Å²) >= 11 is 0. The molecule has 0 aromatic carbocycles. The number of hydrogen-bond donors (Lipinski definition) is 3. The van der Waals surface area contributed by atoms with Gasteiger partial charge in [0.25, 0.3) is 0 Å². The Morgan fingerprint density at radius 1 is 0.625 bits per heavy atom. The zero-order valence-electron chi connectivity index (χ0n) is 24.2. The summed E-state index contributed by atoms with van der Waals surface area (Å²) < 4.78 is 63.8. The molecule has 0 radical (unpaired) electrons. The van der Waals surface area contributed by atoms with Gasteiger partial charge in [0.2, 0.25) is 0 Å². The van der Waals surface area contributed by atoms with Gasteiger partial charge >= 0.3 is 0 Å². The Balaban J connectivity index is 1.81. The second-order valence-electron chi connectivity index (χ2n) is 10.0. The highest BCUT2D eigenvalue weighted by Gasteiger charge is 2.54. The van der Waals surface area contributed by atoms with Crippen LogP contribution in [0, 0.1) is 0 Å². The maximum atomic E-state index is 10.9. The molecule has 40 heavy (non-hydrogen) atoms. The van der Waals surface area contributed by atoms with Crippen molar-refractivity contribution >= 4 is 0 Å². The molecule has 3 saturated heterocycles. The summed E-state index contributed by atoms with van der Waals surface area (Å²) in [7, 11) is 7.26. The molecule has 14 nitrogen and oxygen atoms in total. The molecule has 0 unspecified atom stereocenters. The van der Waals surface area contributed by atoms with Crippen molar-refractivity contribution in [3.8, 4) is 0 Å². The van der Waals surface area contributed by atoms with E-state index in [2.05, 4.69) is 6.58 Å². The van der Waals surface area contributed by atoms with Gasteiger partial charge in [0.05, 0.1) is 25.4 Å². The van der Waals surface area contributed by atoms with Crippen LogP contribution in [0.4, 0.5) is 0 Å². The molecule has 0 bridgehead atoms. The number of aliphatic hydroxyl groups excluding tert-OH is 3. The van der Waals surface area contributed by atoms with Gasteiger partial charge in [-0.2, -0.15) is 0 Å². The molecular formula is C26H46O14. The van der Waals surface area contributed by atoms with Crippen LogP contribution in [0.25, 0.3) is 0 Å². The fourth-order valence-electron chi connectivity index (χ4n) is 5.39. The van der Waals surface area contributed by atoms with E-state index in [-0.39, 0.29) is 13.2 Å². The maximum absolute atomic E-state index is 10.9. The number of aliphatic hydroxyl groups is 3. The molecule has 3 heterocycles. The molecule has 14 heteroatoms. The van der Waals surface area contributed by atoms with Crippen LogP contribution < -0.4 is 0 Å². The van der Waals surface area contributed by atoms with Gasteiger partial charge in [0.1, 0.15) is 61.0 Å². The lowest BCUT2D eigenvalue weighted by Crippen LogP contribution is -2.66. The summed E-state index contributed by atoms with van der Waals surface area (Å²) in [4.78, 5) is 0. The monoisotopic (exact) mass is 582 g/mol.